The van der Waals surface area contributed by atoms with E-state index in [-0.39, 0.29) is 5.91 Å². The van der Waals surface area contributed by atoms with Crippen LogP contribution in [0.25, 0.3) is 16.5 Å². The molecule has 1 amide bonds. The van der Waals surface area contributed by atoms with Crippen LogP contribution in [0.1, 0.15) is 22.3 Å². The van der Waals surface area contributed by atoms with Crippen LogP contribution >= 0.6 is 0 Å². The van der Waals surface area contributed by atoms with Gasteiger partial charge in [-0.1, -0.05) is 29.4 Å². The van der Waals surface area contributed by atoms with Gasteiger partial charge in [-0.05, 0) is 29.6 Å². The lowest BCUT2D eigenvalue weighted by molar-refractivity contribution is 0.0953. The van der Waals surface area contributed by atoms with E-state index in [1.54, 1.807) is 12.1 Å². The smallest absolute Gasteiger partial charge is 0.265 e. The molecule has 0 aromatic heterocycles. The number of amides is 1. The van der Waals surface area contributed by atoms with Crippen LogP contribution in [0.2, 0.25) is 0 Å². The Kier molecular flexibility index (Phi) is 5.30. The average molecular weight is 231 g/mol. The molecule has 17 heavy (non-hydrogen) atoms. The lowest BCUT2D eigenvalue weighted by Crippen LogP contribution is -2.29. The van der Waals surface area contributed by atoms with Crippen LogP contribution in [0.3, 0.4) is 0 Å². The van der Waals surface area contributed by atoms with E-state index in [2.05, 4.69) is 15.5 Å². The van der Waals surface area contributed by atoms with Crippen LogP contribution in [-0.2, 0) is 0 Å². The van der Waals surface area contributed by atoms with Gasteiger partial charge >= 0.3 is 0 Å². The summed E-state index contributed by atoms with van der Waals surface area (Å²) >= 11 is 0. The SMILES string of the molecule is [N-]=[N+]=NCCC=Cc1ccc(C(=O)NN)cc1. The summed E-state index contributed by atoms with van der Waals surface area (Å²) in [4.78, 5) is 13.8. The Bertz CT molecular complexity index is 445. The van der Waals surface area contributed by atoms with Gasteiger partial charge in [0, 0.05) is 17.0 Å². The Labute approximate surface area is 98.7 Å². The standard InChI is InChI=1S/C11H13N5O/c12-15-11(17)10-6-4-9(5-7-10)3-1-2-8-14-16-13/h1,3-7H,2,8,12H2,(H,15,17). The quantitative estimate of drug-likeness (QED) is 0.154. The van der Waals surface area contributed by atoms with Crippen molar-refractivity contribution in [2.75, 3.05) is 6.54 Å². The normalized spacial score (nSPS) is 9.94. The largest absolute Gasteiger partial charge is 0.290 e. The molecule has 0 bridgehead atoms. The molecule has 0 unspecified atom stereocenters. The predicted molar refractivity (Wildman–Crippen MR) is 65.8 cm³/mol. The Balaban J connectivity index is 2.56. The van der Waals surface area contributed by atoms with Crippen molar-refractivity contribution in [1.29, 1.82) is 0 Å². The maximum atomic E-state index is 11.2. The molecule has 0 saturated carbocycles. The van der Waals surface area contributed by atoms with Crippen molar-refractivity contribution in [2.24, 2.45) is 11.0 Å². The summed E-state index contributed by atoms with van der Waals surface area (Å²) < 4.78 is 0. The van der Waals surface area contributed by atoms with E-state index < -0.39 is 0 Å². The van der Waals surface area contributed by atoms with Crippen molar-refractivity contribution >= 4 is 12.0 Å². The first-order valence-corrected chi connectivity index (χ1v) is 5.06. The molecule has 0 fully saturated rings. The first-order chi connectivity index (χ1) is 8.27. The minimum absolute atomic E-state index is 0.316. The van der Waals surface area contributed by atoms with Crippen LogP contribution < -0.4 is 11.3 Å². The molecule has 0 heterocycles. The van der Waals surface area contributed by atoms with Crippen molar-refractivity contribution in [3.05, 3.63) is 51.9 Å². The number of nitrogens with zero attached hydrogens (tertiary/aromatic N) is 3. The van der Waals surface area contributed by atoms with Gasteiger partial charge in [-0.25, -0.2) is 5.84 Å². The Morgan fingerprint density at radius 1 is 1.47 bits per heavy atom. The summed E-state index contributed by atoms with van der Waals surface area (Å²) in [7, 11) is 0. The van der Waals surface area contributed by atoms with Crippen molar-refractivity contribution < 1.29 is 4.79 Å². The molecule has 1 aromatic rings. The molecule has 6 nitrogen and oxygen atoms in total. The molecule has 0 aliphatic carbocycles. The summed E-state index contributed by atoms with van der Waals surface area (Å²) in [5.74, 6) is 4.70. The first kappa shape index (κ1) is 12.8. The highest BCUT2D eigenvalue weighted by Crippen LogP contribution is 2.06. The molecule has 88 valence electrons. The highest BCUT2D eigenvalue weighted by molar-refractivity contribution is 5.93. The van der Waals surface area contributed by atoms with Gasteiger partial charge < -0.3 is 0 Å². The van der Waals surface area contributed by atoms with Crippen LogP contribution in [0.15, 0.2) is 35.5 Å². The van der Waals surface area contributed by atoms with E-state index in [4.69, 9.17) is 11.4 Å². The molecular weight excluding hydrogens is 218 g/mol. The minimum atomic E-state index is -0.316. The molecule has 0 aliphatic heterocycles. The molecular formula is C11H13N5O. The number of azide groups is 1. The molecule has 0 spiro atoms. The van der Waals surface area contributed by atoms with Crippen LogP contribution in [-0.4, -0.2) is 12.5 Å². The Morgan fingerprint density at radius 3 is 2.76 bits per heavy atom. The van der Waals surface area contributed by atoms with Gasteiger partial charge in [0.15, 0.2) is 0 Å². The molecule has 0 atom stereocenters. The van der Waals surface area contributed by atoms with Gasteiger partial charge in [0.25, 0.3) is 5.91 Å². The van der Waals surface area contributed by atoms with Gasteiger partial charge in [0.05, 0.1) is 0 Å². The Hall–Kier alpha value is -2.30. The number of benzene rings is 1. The summed E-state index contributed by atoms with van der Waals surface area (Å²) in [5.41, 5.74) is 11.6. The molecule has 1 aromatic carbocycles. The third-order valence-electron chi connectivity index (χ3n) is 2.07. The second kappa shape index (κ2) is 7.05. The first-order valence-electron chi connectivity index (χ1n) is 5.06. The van der Waals surface area contributed by atoms with Gasteiger partial charge in [-0.2, -0.15) is 0 Å². The summed E-state index contributed by atoms with van der Waals surface area (Å²) in [6.07, 6.45) is 4.50. The van der Waals surface area contributed by atoms with Gasteiger partial charge in [-0.15, -0.1) is 0 Å². The third kappa shape index (κ3) is 4.38. The number of rotatable bonds is 5. The van der Waals surface area contributed by atoms with E-state index in [0.717, 1.165) is 5.56 Å². The van der Waals surface area contributed by atoms with E-state index in [9.17, 15) is 4.79 Å². The fraction of sp³-hybridized carbons (Fsp3) is 0.182. The van der Waals surface area contributed by atoms with Crippen LogP contribution in [0, 0.1) is 0 Å². The highest BCUT2D eigenvalue weighted by atomic mass is 16.2. The number of carbonyl (C=O) groups excluding carboxylic acids is 1. The van der Waals surface area contributed by atoms with Gasteiger partial charge in [-0.3, -0.25) is 10.2 Å². The van der Waals surface area contributed by atoms with E-state index >= 15 is 0 Å². The summed E-state index contributed by atoms with van der Waals surface area (Å²) in [5, 5.41) is 3.41. The maximum Gasteiger partial charge on any atom is 0.265 e. The van der Waals surface area contributed by atoms with Crippen molar-refractivity contribution in [3.8, 4) is 0 Å². The second-order valence-electron chi connectivity index (χ2n) is 3.24. The fourth-order valence-corrected chi connectivity index (χ4v) is 1.23. The monoisotopic (exact) mass is 231 g/mol. The summed E-state index contributed by atoms with van der Waals surface area (Å²) in [6, 6.07) is 7.01. The minimum Gasteiger partial charge on any atom is -0.290 e. The maximum absolute atomic E-state index is 11.2. The zero-order valence-electron chi connectivity index (χ0n) is 9.21. The second-order valence-corrected chi connectivity index (χ2v) is 3.24. The van der Waals surface area contributed by atoms with Crippen LogP contribution in [0.4, 0.5) is 0 Å². The molecule has 3 N–H and O–H groups in total. The fourth-order valence-electron chi connectivity index (χ4n) is 1.23. The van der Waals surface area contributed by atoms with Crippen LogP contribution in [0.5, 0.6) is 0 Å². The zero-order valence-corrected chi connectivity index (χ0v) is 9.21. The van der Waals surface area contributed by atoms with E-state index in [0.29, 0.717) is 18.5 Å². The highest BCUT2D eigenvalue weighted by Gasteiger charge is 2.00. The van der Waals surface area contributed by atoms with Crippen molar-refractivity contribution in [2.45, 2.75) is 6.42 Å². The zero-order chi connectivity index (χ0) is 12.5. The number of nitrogens with two attached hydrogens (primary N) is 1. The van der Waals surface area contributed by atoms with E-state index in [1.165, 1.54) is 0 Å². The number of hydrogen-bond donors (Lipinski definition) is 2. The Morgan fingerprint density at radius 2 is 2.18 bits per heavy atom. The summed E-state index contributed by atoms with van der Waals surface area (Å²) in [6.45, 7) is 0.445. The molecule has 6 heteroatoms. The van der Waals surface area contributed by atoms with Crippen molar-refractivity contribution in [1.82, 2.24) is 5.43 Å². The van der Waals surface area contributed by atoms with Gasteiger partial charge in [0.1, 0.15) is 0 Å². The average Bonchev–Trinajstić information content (AvgIpc) is 2.38. The van der Waals surface area contributed by atoms with Gasteiger partial charge in [0.2, 0.25) is 0 Å². The number of nitrogen functional groups attached to an aromatic ring is 1. The lowest BCUT2D eigenvalue weighted by atomic mass is 10.1. The molecule has 0 saturated heterocycles. The lowest BCUT2D eigenvalue weighted by Gasteiger charge is -1.99. The molecule has 1 rings (SSSR count). The number of hydrazine groups is 1. The molecule has 0 aliphatic rings. The topological polar surface area (TPSA) is 104 Å². The van der Waals surface area contributed by atoms with Crippen molar-refractivity contribution in [3.63, 3.8) is 0 Å². The third-order valence-corrected chi connectivity index (χ3v) is 2.07. The number of nitrogens with one attached hydrogen (secondary N) is 1. The van der Waals surface area contributed by atoms with E-state index in [1.807, 2.05) is 24.3 Å². The predicted octanol–water partition coefficient (Wildman–Crippen LogP) is 2.00. The number of carbonyl (C=O) groups is 1. The number of hydrogen-bond acceptors (Lipinski definition) is 3. The molecule has 0 radical (unpaired) electrons.